The number of pyridine rings is 1. The molecular formula is C15H17N5O2. The number of hydrogen-bond acceptors (Lipinski definition) is 5. The second kappa shape index (κ2) is 7.84. The summed E-state index contributed by atoms with van der Waals surface area (Å²) in [5.74, 6) is -0.712. The first-order valence-corrected chi connectivity index (χ1v) is 6.77. The van der Waals surface area contributed by atoms with Crippen LogP contribution in [0.2, 0.25) is 0 Å². The molecule has 1 aliphatic rings. The fourth-order valence-corrected chi connectivity index (χ4v) is 1.89. The lowest BCUT2D eigenvalue weighted by Crippen LogP contribution is -2.38. The molecule has 0 radical (unpaired) electrons. The molecule has 0 saturated carbocycles. The Morgan fingerprint density at radius 3 is 2.91 bits per heavy atom. The van der Waals surface area contributed by atoms with Gasteiger partial charge < -0.3 is 11.1 Å². The minimum atomic E-state index is -0.442. The number of carbonyl (C=O) groups is 2. The van der Waals surface area contributed by atoms with E-state index in [0.29, 0.717) is 12.0 Å². The highest BCUT2D eigenvalue weighted by atomic mass is 16.2. The maximum Gasteiger partial charge on any atom is 0.254 e. The SMILES string of the molecule is NC(=O)C1=CC=CC(NCC(=O)N/N=C/c2ccncc2)C1. The predicted octanol–water partition coefficient (Wildman–Crippen LogP) is -0.138. The molecule has 0 bridgehead atoms. The monoisotopic (exact) mass is 299 g/mol. The number of nitrogens with zero attached hydrogens (tertiary/aromatic N) is 2. The third-order valence-corrected chi connectivity index (χ3v) is 3.03. The third kappa shape index (κ3) is 4.95. The minimum absolute atomic E-state index is 0.0920. The molecule has 4 N–H and O–H groups in total. The molecule has 1 unspecified atom stereocenters. The van der Waals surface area contributed by atoms with Gasteiger partial charge in [-0.15, -0.1) is 0 Å². The summed E-state index contributed by atoms with van der Waals surface area (Å²) >= 11 is 0. The first kappa shape index (κ1) is 15.6. The van der Waals surface area contributed by atoms with E-state index in [1.54, 1.807) is 36.7 Å². The molecule has 1 aromatic rings. The van der Waals surface area contributed by atoms with Gasteiger partial charge >= 0.3 is 0 Å². The van der Waals surface area contributed by atoms with Crippen LogP contribution >= 0.6 is 0 Å². The Bertz CT molecular complexity index is 622. The summed E-state index contributed by atoms with van der Waals surface area (Å²) in [7, 11) is 0. The molecule has 1 heterocycles. The molecule has 0 aliphatic heterocycles. The van der Waals surface area contributed by atoms with Crippen molar-refractivity contribution >= 4 is 18.0 Å². The number of nitrogens with two attached hydrogens (primary N) is 1. The van der Waals surface area contributed by atoms with Crippen molar-refractivity contribution < 1.29 is 9.59 Å². The minimum Gasteiger partial charge on any atom is -0.366 e. The summed E-state index contributed by atoms with van der Waals surface area (Å²) in [6.07, 6.45) is 10.6. The van der Waals surface area contributed by atoms with Crippen LogP contribution in [-0.2, 0) is 9.59 Å². The number of primary amides is 1. The molecular weight excluding hydrogens is 282 g/mol. The van der Waals surface area contributed by atoms with Crippen LogP contribution in [0.5, 0.6) is 0 Å². The van der Waals surface area contributed by atoms with Crippen LogP contribution in [0.15, 0.2) is 53.4 Å². The highest BCUT2D eigenvalue weighted by Crippen LogP contribution is 2.11. The van der Waals surface area contributed by atoms with Crippen molar-refractivity contribution in [2.75, 3.05) is 6.54 Å². The van der Waals surface area contributed by atoms with Crippen LogP contribution in [-0.4, -0.2) is 35.6 Å². The Balaban J connectivity index is 1.72. The summed E-state index contributed by atoms with van der Waals surface area (Å²) in [5, 5.41) is 6.88. The van der Waals surface area contributed by atoms with Crippen molar-refractivity contribution in [1.82, 2.24) is 15.7 Å². The zero-order chi connectivity index (χ0) is 15.8. The van der Waals surface area contributed by atoms with Crippen molar-refractivity contribution in [3.63, 3.8) is 0 Å². The number of aromatic nitrogens is 1. The Labute approximate surface area is 128 Å². The first-order valence-electron chi connectivity index (χ1n) is 6.77. The Morgan fingerprint density at radius 1 is 1.41 bits per heavy atom. The molecule has 22 heavy (non-hydrogen) atoms. The van der Waals surface area contributed by atoms with Crippen molar-refractivity contribution in [3.05, 3.63) is 53.9 Å². The number of hydrogen-bond donors (Lipinski definition) is 3. The summed E-state index contributed by atoms with van der Waals surface area (Å²) in [5.41, 5.74) is 9.04. The molecule has 1 aromatic heterocycles. The van der Waals surface area contributed by atoms with E-state index in [4.69, 9.17) is 5.73 Å². The van der Waals surface area contributed by atoms with Gasteiger partial charge in [0, 0.05) is 24.0 Å². The van der Waals surface area contributed by atoms with E-state index in [0.717, 1.165) is 5.56 Å². The van der Waals surface area contributed by atoms with E-state index >= 15 is 0 Å². The second-order valence-corrected chi connectivity index (χ2v) is 4.71. The van der Waals surface area contributed by atoms with Crippen LogP contribution in [0.1, 0.15) is 12.0 Å². The predicted molar refractivity (Wildman–Crippen MR) is 82.8 cm³/mol. The molecule has 0 fully saturated rings. The van der Waals surface area contributed by atoms with E-state index < -0.39 is 5.91 Å². The van der Waals surface area contributed by atoms with E-state index in [1.165, 1.54) is 6.21 Å². The normalized spacial score (nSPS) is 17.3. The van der Waals surface area contributed by atoms with Crippen LogP contribution in [0, 0.1) is 0 Å². The Hall–Kier alpha value is -2.80. The van der Waals surface area contributed by atoms with Crippen LogP contribution in [0.4, 0.5) is 0 Å². The van der Waals surface area contributed by atoms with Crippen molar-refractivity contribution in [2.45, 2.75) is 12.5 Å². The first-order chi connectivity index (χ1) is 10.6. The molecule has 0 spiro atoms. The lowest BCUT2D eigenvalue weighted by Gasteiger charge is -2.17. The largest absolute Gasteiger partial charge is 0.366 e. The maximum absolute atomic E-state index is 11.7. The number of rotatable bonds is 6. The van der Waals surface area contributed by atoms with Gasteiger partial charge in [0.15, 0.2) is 0 Å². The number of amides is 2. The average Bonchev–Trinajstić information content (AvgIpc) is 2.54. The molecule has 0 saturated heterocycles. The summed E-state index contributed by atoms with van der Waals surface area (Å²) in [6, 6.07) is 3.46. The van der Waals surface area contributed by atoms with Gasteiger partial charge in [0.2, 0.25) is 5.91 Å². The van der Waals surface area contributed by atoms with Crippen molar-refractivity contribution in [3.8, 4) is 0 Å². The van der Waals surface area contributed by atoms with E-state index in [1.807, 2.05) is 6.08 Å². The molecule has 7 nitrogen and oxygen atoms in total. The molecule has 114 valence electrons. The van der Waals surface area contributed by atoms with E-state index in [-0.39, 0.29) is 18.5 Å². The molecule has 2 rings (SSSR count). The van der Waals surface area contributed by atoms with Crippen LogP contribution in [0.25, 0.3) is 0 Å². The molecule has 2 amide bonds. The summed E-state index contributed by atoms with van der Waals surface area (Å²) in [4.78, 5) is 26.7. The van der Waals surface area contributed by atoms with Gasteiger partial charge in [0.05, 0.1) is 12.8 Å². The van der Waals surface area contributed by atoms with Gasteiger partial charge in [-0.25, -0.2) is 5.43 Å². The van der Waals surface area contributed by atoms with Crippen LogP contribution in [0.3, 0.4) is 0 Å². The van der Waals surface area contributed by atoms with Crippen molar-refractivity contribution in [1.29, 1.82) is 0 Å². The second-order valence-electron chi connectivity index (χ2n) is 4.71. The summed E-state index contributed by atoms with van der Waals surface area (Å²) in [6.45, 7) is 0.0920. The average molecular weight is 299 g/mol. The molecule has 7 heteroatoms. The third-order valence-electron chi connectivity index (χ3n) is 3.03. The van der Waals surface area contributed by atoms with Gasteiger partial charge in [0.25, 0.3) is 5.91 Å². The van der Waals surface area contributed by atoms with E-state index in [9.17, 15) is 9.59 Å². The number of hydrazone groups is 1. The van der Waals surface area contributed by atoms with Gasteiger partial charge in [-0.1, -0.05) is 18.2 Å². The zero-order valence-corrected chi connectivity index (χ0v) is 11.9. The lowest BCUT2D eigenvalue weighted by atomic mass is 10.0. The highest BCUT2D eigenvalue weighted by molar-refractivity contribution is 5.92. The summed E-state index contributed by atoms with van der Waals surface area (Å²) < 4.78 is 0. The van der Waals surface area contributed by atoms with Crippen LogP contribution < -0.4 is 16.5 Å². The highest BCUT2D eigenvalue weighted by Gasteiger charge is 2.15. The lowest BCUT2D eigenvalue weighted by molar-refractivity contribution is -0.120. The van der Waals surface area contributed by atoms with E-state index in [2.05, 4.69) is 20.8 Å². The molecule has 1 aliphatic carbocycles. The maximum atomic E-state index is 11.7. The standard InChI is InChI=1S/C15H17N5O2/c16-15(22)12-2-1-3-13(8-12)18-10-14(21)20-19-9-11-4-6-17-7-5-11/h1-7,9,13,18H,8,10H2,(H2,16,22)(H,20,21)/b19-9+. The van der Waals surface area contributed by atoms with Gasteiger partial charge in [-0.05, 0) is 24.1 Å². The Morgan fingerprint density at radius 2 is 2.18 bits per heavy atom. The van der Waals surface area contributed by atoms with Crippen molar-refractivity contribution in [2.24, 2.45) is 10.8 Å². The van der Waals surface area contributed by atoms with Gasteiger partial charge in [0.1, 0.15) is 0 Å². The number of carbonyl (C=O) groups excluding carboxylic acids is 2. The number of nitrogens with one attached hydrogen (secondary N) is 2. The fourth-order valence-electron chi connectivity index (χ4n) is 1.89. The topological polar surface area (TPSA) is 109 Å². The fraction of sp³-hybridized carbons (Fsp3) is 0.200. The van der Waals surface area contributed by atoms with Gasteiger partial charge in [-0.3, -0.25) is 14.6 Å². The smallest absolute Gasteiger partial charge is 0.254 e. The Kier molecular flexibility index (Phi) is 5.56. The zero-order valence-electron chi connectivity index (χ0n) is 11.9. The van der Waals surface area contributed by atoms with Gasteiger partial charge in [-0.2, -0.15) is 5.10 Å². The quantitative estimate of drug-likeness (QED) is 0.501. The number of allylic oxidation sites excluding steroid dienone is 2. The molecule has 0 aromatic carbocycles. The molecule has 1 atom stereocenters.